The molecule has 0 fully saturated rings. The van der Waals surface area contributed by atoms with Gasteiger partial charge in [0.25, 0.3) is 0 Å². The zero-order chi connectivity index (χ0) is 27.4. The molecule has 0 aliphatic heterocycles. The monoisotopic (exact) mass is 532 g/mol. The van der Waals surface area contributed by atoms with Gasteiger partial charge in [0.1, 0.15) is 0 Å². The Balaban J connectivity index is 1.46. The molecule has 0 saturated heterocycles. The smallest absolute Gasteiger partial charge is 0.0632 e. The Kier molecular flexibility index (Phi) is 4.21. The van der Waals surface area contributed by atoms with Crippen molar-refractivity contribution in [3.63, 3.8) is 0 Å². The molecule has 0 unspecified atom stereocenters. The van der Waals surface area contributed by atoms with Gasteiger partial charge in [-0.1, -0.05) is 103 Å². The highest BCUT2D eigenvalue weighted by atomic mass is 15.0. The Morgan fingerprint density at radius 3 is 1.76 bits per heavy atom. The summed E-state index contributed by atoms with van der Waals surface area (Å²) in [5, 5.41) is 10.4. The molecule has 0 spiro atoms. The number of hydrogen-bond acceptors (Lipinski definition) is 0. The number of para-hydroxylation sites is 4. The third-order valence-corrected chi connectivity index (χ3v) is 9.21. The first-order valence-corrected chi connectivity index (χ1v) is 14.5. The Morgan fingerprint density at radius 1 is 0.357 bits per heavy atom. The van der Waals surface area contributed by atoms with Gasteiger partial charge in [0.2, 0.25) is 0 Å². The van der Waals surface area contributed by atoms with Crippen LogP contribution in [0.5, 0.6) is 0 Å². The summed E-state index contributed by atoms with van der Waals surface area (Å²) in [4.78, 5) is 0. The lowest BCUT2D eigenvalue weighted by molar-refractivity contribution is 1.18. The van der Waals surface area contributed by atoms with Crippen molar-refractivity contribution in [3.05, 3.63) is 146 Å². The van der Waals surface area contributed by atoms with E-state index in [1.165, 1.54) is 87.5 Å². The van der Waals surface area contributed by atoms with E-state index in [2.05, 4.69) is 155 Å². The number of fused-ring (bicyclic) bond motifs is 9. The van der Waals surface area contributed by atoms with Gasteiger partial charge in [-0.05, 0) is 64.4 Å². The fourth-order valence-electron chi connectivity index (χ4n) is 7.61. The average Bonchev–Trinajstić information content (AvgIpc) is 3.59. The summed E-state index contributed by atoms with van der Waals surface area (Å²) in [5.74, 6) is 0. The Labute approximate surface area is 241 Å². The third-order valence-electron chi connectivity index (χ3n) is 9.21. The number of hydrogen-bond donors (Lipinski definition) is 0. The van der Waals surface area contributed by atoms with Crippen LogP contribution >= 0.6 is 0 Å². The molecule has 0 radical (unpaired) electrons. The Hall–Kier alpha value is -5.60. The van der Waals surface area contributed by atoms with Crippen molar-refractivity contribution in [2.75, 3.05) is 0 Å². The van der Waals surface area contributed by atoms with Crippen LogP contribution in [0.3, 0.4) is 0 Å². The molecule has 2 heteroatoms. The van der Waals surface area contributed by atoms with E-state index in [1.807, 2.05) is 0 Å². The predicted molar refractivity (Wildman–Crippen MR) is 178 cm³/mol. The van der Waals surface area contributed by atoms with E-state index in [-0.39, 0.29) is 0 Å². The number of rotatable bonds is 2. The van der Waals surface area contributed by atoms with E-state index in [1.54, 1.807) is 0 Å². The summed E-state index contributed by atoms with van der Waals surface area (Å²) in [6.07, 6.45) is 0. The maximum Gasteiger partial charge on any atom is 0.0632 e. The molecule has 42 heavy (non-hydrogen) atoms. The van der Waals surface area contributed by atoms with E-state index in [0.29, 0.717) is 0 Å². The Morgan fingerprint density at radius 2 is 0.952 bits per heavy atom. The van der Waals surface area contributed by atoms with Crippen molar-refractivity contribution in [3.8, 4) is 16.8 Å². The topological polar surface area (TPSA) is 9.34 Å². The van der Waals surface area contributed by atoms with Gasteiger partial charge in [0.05, 0.1) is 27.6 Å². The number of pyridine rings is 1. The lowest BCUT2D eigenvalue weighted by atomic mass is 9.90. The fraction of sp³-hybridized carbons (Fsp3) is 0. The van der Waals surface area contributed by atoms with Crippen LogP contribution in [-0.4, -0.2) is 8.97 Å². The highest BCUT2D eigenvalue weighted by Crippen LogP contribution is 2.48. The van der Waals surface area contributed by atoms with Gasteiger partial charge in [0.15, 0.2) is 0 Å². The zero-order valence-electron chi connectivity index (χ0n) is 22.8. The first-order valence-electron chi connectivity index (χ1n) is 14.5. The molecule has 7 aromatic carbocycles. The van der Waals surface area contributed by atoms with Crippen LogP contribution in [-0.2, 0) is 0 Å². The minimum Gasteiger partial charge on any atom is -0.309 e. The van der Waals surface area contributed by atoms with Gasteiger partial charge in [-0.3, -0.25) is 0 Å². The molecule has 3 aromatic heterocycles. The molecule has 10 rings (SSSR count). The second kappa shape index (κ2) is 7.99. The lowest BCUT2D eigenvalue weighted by Gasteiger charge is -2.16. The average molecular weight is 533 g/mol. The summed E-state index contributed by atoms with van der Waals surface area (Å²) in [5.41, 5.74) is 9.99. The van der Waals surface area contributed by atoms with E-state index < -0.39 is 0 Å². The molecule has 0 bridgehead atoms. The van der Waals surface area contributed by atoms with Crippen molar-refractivity contribution in [2.24, 2.45) is 0 Å². The summed E-state index contributed by atoms with van der Waals surface area (Å²) >= 11 is 0. The van der Waals surface area contributed by atoms with Crippen LogP contribution in [0.1, 0.15) is 0 Å². The maximum atomic E-state index is 2.51. The summed E-state index contributed by atoms with van der Waals surface area (Å²) in [6.45, 7) is 0. The normalized spacial score (nSPS) is 12.3. The van der Waals surface area contributed by atoms with Crippen LogP contribution in [0.15, 0.2) is 146 Å². The molecule has 0 amide bonds. The van der Waals surface area contributed by atoms with E-state index >= 15 is 0 Å². The molecule has 194 valence electrons. The van der Waals surface area contributed by atoms with E-state index in [4.69, 9.17) is 0 Å². The molecule has 0 atom stereocenters. The molecule has 3 heterocycles. The number of aromatic nitrogens is 2. The predicted octanol–water partition coefficient (Wildman–Crippen LogP) is 10.8. The van der Waals surface area contributed by atoms with E-state index in [9.17, 15) is 0 Å². The molecule has 0 saturated carbocycles. The van der Waals surface area contributed by atoms with Gasteiger partial charge in [0, 0.05) is 38.0 Å². The number of benzene rings is 7. The highest BCUT2D eigenvalue weighted by Gasteiger charge is 2.23. The third kappa shape index (κ3) is 2.69. The molecule has 10 aromatic rings. The van der Waals surface area contributed by atoms with Gasteiger partial charge >= 0.3 is 0 Å². The van der Waals surface area contributed by atoms with Crippen LogP contribution in [0.4, 0.5) is 0 Å². The van der Waals surface area contributed by atoms with Crippen molar-refractivity contribution in [1.82, 2.24) is 8.97 Å². The lowest BCUT2D eigenvalue weighted by Crippen LogP contribution is -1.94. The first kappa shape index (κ1) is 22.1. The SMILES string of the molecule is c1ccc(-n2c3ccccc3c3c(-c4cc5cccc6c7ccccc7n7c8ccccc8c4c7c56)cccc32)cc1. The highest BCUT2D eigenvalue weighted by molar-refractivity contribution is 6.33. The van der Waals surface area contributed by atoms with Crippen molar-refractivity contribution < 1.29 is 0 Å². The van der Waals surface area contributed by atoms with Crippen molar-refractivity contribution in [2.45, 2.75) is 0 Å². The maximum absolute atomic E-state index is 2.51. The standard InChI is InChI=1S/C40H24N2/c1-2-13-26(14-3-1)41-34-21-8-5-16-30(34)38-29(19-11-23-36(38)41)32-24-25-12-10-18-28-27-15-4-7-20-33(27)42-35-22-9-6-17-31(35)39(32)40(42)37(25)28/h1-24H. The second-order valence-corrected chi connectivity index (χ2v) is 11.3. The molecule has 0 aliphatic rings. The molecule has 0 N–H and O–H groups in total. The van der Waals surface area contributed by atoms with Crippen LogP contribution in [0.25, 0.3) is 87.5 Å². The molecular weight excluding hydrogens is 508 g/mol. The molecule has 2 nitrogen and oxygen atoms in total. The van der Waals surface area contributed by atoms with Gasteiger partial charge in [-0.2, -0.15) is 0 Å². The molecular formula is C40H24N2. The minimum absolute atomic E-state index is 1.18. The van der Waals surface area contributed by atoms with Gasteiger partial charge < -0.3 is 8.97 Å². The van der Waals surface area contributed by atoms with Crippen LogP contribution in [0, 0.1) is 0 Å². The summed E-state index contributed by atoms with van der Waals surface area (Å²) in [6, 6.07) is 53.4. The second-order valence-electron chi connectivity index (χ2n) is 11.3. The first-order chi connectivity index (χ1) is 20.9. The quantitative estimate of drug-likeness (QED) is 0.155. The summed E-state index contributed by atoms with van der Waals surface area (Å²) in [7, 11) is 0. The van der Waals surface area contributed by atoms with E-state index in [0.717, 1.165) is 0 Å². The minimum atomic E-state index is 1.18. The summed E-state index contributed by atoms with van der Waals surface area (Å²) < 4.78 is 4.92. The largest absolute Gasteiger partial charge is 0.309 e. The fourth-order valence-corrected chi connectivity index (χ4v) is 7.61. The van der Waals surface area contributed by atoms with Gasteiger partial charge in [-0.15, -0.1) is 0 Å². The van der Waals surface area contributed by atoms with Crippen molar-refractivity contribution >= 4 is 70.7 Å². The molecule has 0 aliphatic carbocycles. The van der Waals surface area contributed by atoms with Crippen LogP contribution in [0.2, 0.25) is 0 Å². The number of nitrogens with zero attached hydrogens (tertiary/aromatic N) is 2. The van der Waals surface area contributed by atoms with Crippen molar-refractivity contribution in [1.29, 1.82) is 0 Å². The Bertz CT molecular complexity index is 2670. The van der Waals surface area contributed by atoms with Gasteiger partial charge in [-0.25, -0.2) is 0 Å². The zero-order valence-corrected chi connectivity index (χ0v) is 22.8. The van der Waals surface area contributed by atoms with Crippen LogP contribution < -0.4 is 0 Å².